The average Bonchev–Trinajstić information content (AvgIpc) is 2.73. The van der Waals surface area contributed by atoms with Crippen LogP contribution in [0.1, 0.15) is 21.5 Å². The number of nitrogens with one attached hydrogen (secondary N) is 1. The number of carboxylic acid groups (broad SMARTS) is 1. The van der Waals surface area contributed by atoms with E-state index in [1.165, 1.54) is 0 Å². The number of anilines is 1. The van der Waals surface area contributed by atoms with Gasteiger partial charge in [-0.25, -0.2) is 9.78 Å². The third-order valence-electron chi connectivity index (χ3n) is 4.22. The number of carboxylic acids is 1. The van der Waals surface area contributed by atoms with Crippen molar-refractivity contribution in [3.05, 3.63) is 89.6 Å². The zero-order chi connectivity index (χ0) is 19.8. The number of carbonyl (C=O) groups excluding carboxylic acids is 1. The van der Waals surface area contributed by atoms with Crippen molar-refractivity contribution in [3.63, 3.8) is 0 Å². The molecule has 2 aromatic carbocycles. The summed E-state index contributed by atoms with van der Waals surface area (Å²) < 4.78 is 5.82. The molecule has 2 N–H and O–H groups in total. The quantitative estimate of drug-likeness (QED) is 0.555. The molecule has 142 valence electrons. The fourth-order valence-corrected chi connectivity index (χ4v) is 2.77. The molecule has 1 aromatic heterocycles. The molecule has 1 heterocycles. The predicted molar refractivity (Wildman–Crippen MR) is 106 cm³/mol. The molecule has 0 saturated heterocycles. The molecule has 0 radical (unpaired) electrons. The van der Waals surface area contributed by atoms with E-state index in [2.05, 4.69) is 10.3 Å². The molecule has 3 rings (SSSR count). The molecular weight excluding hydrogens is 356 g/mol. The van der Waals surface area contributed by atoms with Crippen molar-refractivity contribution in [3.8, 4) is 5.75 Å². The largest absolute Gasteiger partial charge is 0.485 e. The van der Waals surface area contributed by atoms with E-state index in [1.807, 2.05) is 30.3 Å². The molecule has 0 unspecified atom stereocenters. The monoisotopic (exact) mass is 376 g/mol. The second-order valence-electron chi connectivity index (χ2n) is 6.18. The van der Waals surface area contributed by atoms with Crippen LogP contribution in [-0.2, 0) is 17.8 Å². The first-order valence-electron chi connectivity index (χ1n) is 8.81. The number of aldehydes is 1. The Morgan fingerprint density at radius 2 is 1.82 bits per heavy atom. The lowest BCUT2D eigenvalue weighted by atomic mass is 10.0. The minimum absolute atomic E-state index is 0.138. The summed E-state index contributed by atoms with van der Waals surface area (Å²) in [4.78, 5) is 27.2. The summed E-state index contributed by atoms with van der Waals surface area (Å²) in [6.45, 7) is 0.340. The van der Waals surface area contributed by atoms with Gasteiger partial charge in [-0.3, -0.25) is 4.79 Å². The molecule has 6 nitrogen and oxygen atoms in total. The predicted octanol–water partition coefficient (Wildman–Crippen LogP) is 3.58. The first-order valence-corrected chi connectivity index (χ1v) is 8.81. The molecule has 3 aromatic rings. The molecule has 0 spiro atoms. The van der Waals surface area contributed by atoms with E-state index >= 15 is 0 Å². The Kier molecular flexibility index (Phi) is 6.36. The summed E-state index contributed by atoms with van der Waals surface area (Å²) in [5.74, 6) is -0.240. The number of carbonyl (C=O) groups is 2. The molecule has 6 heteroatoms. The summed E-state index contributed by atoms with van der Waals surface area (Å²) in [5.41, 5.74) is 2.12. The fraction of sp³-hybridized carbons (Fsp3) is 0.136. The third kappa shape index (κ3) is 4.94. The Hall–Kier alpha value is -3.67. The fourth-order valence-electron chi connectivity index (χ4n) is 2.77. The Bertz CT molecular complexity index is 944. The highest BCUT2D eigenvalue weighted by atomic mass is 16.5. The van der Waals surface area contributed by atoms with Crippen molar-refractivity contribution in [1.82, 2.24) is 4.98 Å². The van der Waals surface area contributed by atoms with E-state index in [0.29, 0.717) is 29.3 Å². The van der Waals surface area contributed by atoms with Crippen LogP contribution in [0.3, 0.4) is 0 Å². The highest BCUT2D eigenvalue weighted by Gasteiger charge is 2.21. The van der Waals surface area contributed by atoms with Gasteiger partial charge in [0, 0.05) is 18.2 Å². The van der Waals surface area contributed by atoms with Crippen LogP contribution in [0.4, 0.5) is 5.82 Å². The van der Waals surface area contributed by atoms with Crippen LogP contribution in [0, 0.1) is 0 Å². The zero-order valence-corrected chi connectivity index (χ0v) is 15.1. The first kappa shape index (κ1) is 19.1. The van der Waals surface area contributed by atoms with E-state index in [4.69, 9.17) is 4.74 Å². The molecule has 0 aliphatic carbocycles. The smallest absolute Gasteiger partial charge is 0.326 e. The van der Waals surface area contributed by atoms with Crippen LogP contribution in [0.2, 0.25) is 0 Å². The standard InChI is InChI=1S/C22H20N2O4/c25-14-18-10-5-4-9-17(18)13-19(22(26)27)24-21-20(11-6-12-23-21)28-15-16-7-2-1-3-8-16/h1-12,14,19H,13,15H2,(H,23,24)(H,26,27)/t19-/m0/s1. The minimum Gasteiger partial charge on any atom is -0.485 e. The van der Waals surface area contributed by atoms with Gasteiger partial charge in [-0.2, -0.15) is 0 Å². The Morgan fingerprint density at radius 3 is 2.57 bits per heavy atom. The van der Waals surface area contributed by atoms with E-state index in [-0.39, 0.29) is 6.42 Å². The first-order chi connectivity index (χ1) is 13.7. The van der Waals surface area contributed by atoms with Gasteiger partial charge in [0.1, 0.15) is 18.9 Å². The summed E-state index contributed by atoms with van der Waals surface area (Å²) in [6.07, 6.45) is 2.43. The normalized spacial score (nSPS) is 11.4. The number of hydrogen-bond donors (Lipinski definition) is 2. The van der Waals surface area contributed by atoms with Gasteiger partial charge in [-0.1, -0.05) is 54.6 Å². The van der Waals surface area contributed by atoms with Crippen molar-refractivity contribution in [2.24, 2.45) is 0 Å². The molecule has 0 amide bonds. The summed E-state index contributed by atoms with van der Waals surface area (Å²) in [7, 11) is 0. The number of ether oxygens (including phenoxy) is 1. The van der Waals surface area contributed by atoms with Crippen molar-refractivity contribution in [2.45, 2.75) is 19.1 Å². The van der Waals surface area contributed by atoms with Gasteiger partial charge in [0.05, 0.1) is 0 Å². The van der Waals surface area contributed by atoms with Gasteiger partial charge in [-0.05, 0) is 23.3 Å². The maximum atomic E-state index is 11.8. The van der Waals surface area contributed by atoms with E-state index in [1.54, 1.807) is 42.6 Å². The van der Waals surface area contributed by atoms with Crippen molar-refractivity contribution in [1.29, 1.82) is 0 Å². The Morgan fingerprint density at radius 1 is 1.07 bits per heavy atom. The number of nitrogens with zero attached hydrogens (tertiary/aromatic N) is 1. The van der Waals surface area contributed by atoms with Gasteiger partial charge < -0.3 is 15.2 Å². The highest BCUT2D eigenvalue weighted by Crippen LogP contribution is 2.24. The molecule has 0 fully saturated rings. The second-order valence-corrected chi connectivity index (χ2v) is 6.18. The molecule has 0 bridgehead atoms. The van der Waals surface area contributed by atoms with Crippen LogP contribution in [0.15, 0.2) is 72.9 Å². The molecular formula is C22H20N2O4. The number of hydrogen-bond acceptors (Lipinski definition) is 5. The molecule has 1 atom stereocenters. The SMILES string of the molecule is O=Cc1ccccc1C[C@H](Nc1ncccc1OCc1ccccc1)C(=O)O. The van der Waals surface area contributed by atoms with Crippen LogP contribution in [-0.4, -0.2) is 28.4 Å². The van der Waals surface area contributed by atoms with E-state index < -0.39 is 12.0 Å². The second kappa shape index (κ2) is 9.32. The number of aliphatic carboxylic acids is 1. The average molecular weight is 376 g/mol. The highest BCUT2D eigenvalue weighted by molar-refractivity contribution is 5.80. The van der Waals surface area contributed by atoms with Crippen molar-refractivity contribution >= 4 is 18.1 Å². The third-order valence-corrected chi connectivity index (χ3v) is 4.22. The lowest BCUT2D eigenvalue weighted by Crippen LogP contribution is -2.32. The lowest BCUT2D eigenvalue weighted by Gasteiger charge is -2.18. The van der Waals surface area contributed by atoms with Crippen LogP contribution < -0.4 is 10.1 Å². The van der Waals surface area contributed by atoms with Crippen molar-refractivity contribution < 1.29 is 19.4 Å². The van der Waals surface area contributed by atoms with Gasteiger partial charge in [0.15, 0.2) is 11.6 Å². The number of rotatable bonds is 9. The molecule has 28 heavy (non-hydrogen) atoms. The molecule has 0 saturated carbocycles. The molecule has 0 aliphatic rings. The number of benzene rings is 2. The van der Waals surface area contributed by atoms with Gasteiger partial charge in [-0.15, -0.1) is 0 Å². The number of aromatic nitrogens is 1. The lowest BCUT2D eigenvalue weighted by molar-refractivity contribution is -0.137. The van der Waals surface area contributed by atoms with Gasteiger partial charge in [0.2, 0.25) is 0 Å². The van der Waals surface area contributed by atoms with Gasteiger partial charge >= 0.3 is 5.97 Å². The minimum atomic E-state index is -1.04. The van der Waals surface area contributed by atoms with Gasteiger partial charge in [0.25, 0.3) is 0 Å². The Labute approximate surface area is 162 Å². The summed E-state index contributed by atoms with van der Waals surface area (Å²) in [6, 6.07) is 19.1. The maximum Gasteiger partial charge on any atom is 0.326 e. The molecule has 0 aliphatic heterocycles. The number of pyridine rings is 1. The van der Waals surface area contributed by atoms with Crippen LogP contribution in [0.5, 0.6) is 5.75 Å². The van der Waals surface area contributed by atoms with Crippen LogP contribution >= 0.6 is 0 Å². The van der Waals surface area contributed by atoms with Crippen LogP contribution in [0.25, 0.3) is 0 Å². The van der Waals surface area contributed by atoms with E-state index in [9.17, 15) is 14.7 Å². The maximum absolute atomic E-state index is 11.8. The van der Waals surface area contributed by atoms with E-state index in [0.717, 1.165) is 11.8 Å². The topological polar surface area (TPSA) is 88.5 Å². The zero-order valence-electron chi connectivity index (χ0n) is 15.1. The summed E-state index contributed by atoms with van der Waals surface area (Å²) >= 11 is 0. The summed E-state index contributed by atoms with van der Waals surface area (Å²) in [5, 5.41) is 12.6. The van der Waals surface area contributed by atoms with Crippen molar-refractivity contribution in [2.75, 3.05) is 5.32 Å². The Balaban J connectivity index is 1.76.